The summed E-state index contributed by atoms with van der Waals surface area (Å²) in [7, 11) is 0. The van der Waals surface area contributed by atoms with Gasteiger partial charge in [-0.15, -0.1) is 0 Å². The summed E-state index contributed by atoms with van der Waals surface area (Å²) < 4.78 is 4.80. The fourth-order valence-corrected chi connectivity index (χ4v) is 3.13. The lowest BCUT2D eigenvalue weighted by Crippen LogP contribution is -2.46. The molecule has 30 heavy (non-hydrogen) atoms. The Morgan fingerprint density at radius 2 is 1.17 bits per heavy atom. The number of carbonyl (C=O) groups is 3. The molecule has 3 atom stereocenters. The van der Waals surface area contributed by atoms with Crippen LogP contribution < -0.4 is 0 Å². The van der Waals surface area contributed by atoms with Crippen LogP contribution in [0.4, 0.5) is 0 Å². The number of ketones is 1. The van der Waals surface area contributed by atoms with Crippen LogP contribution in [0.3, 0.4) is 0 Å². The molecular weight excluding hydrogens is 392 g/mol. The minimum atomic E-state index is -2.28. The molecule has 0 aromatic heterocycles. The molecule has 0 saturated carbocycles. The fourth-order valence-electron chi connectivity index (χ4n) is 3.13. The van der Waals surface area contributed by atoms with Crippen LogP contribution in [0.1, 0.15) is 96.8 Å². The Morgan fingerprint density at radius 1 is 0.733 bits per heavy atom. The Bertz CT molecular complexity index is 480. The van der Waals surface area contributed by atoms with E-state index in [1.165, 1.54) is 57.8 Å². The van der Waals surface area contributed by atoms with Crippen LogP contribution in [0.5, 0.6) is 0 Å². The second-order valence-electron chi connectivity index (χ2n) is 7.85. The van der Waals surface area contributed by atoms with Crippen molar-refractivity contribution in [3.8, 4) is 0 Å². The predicted molar refractivity (Wildman–Crippen MR) is 112 cm³/mol. The van der Waals surface area contributed by atoms with Crippen LogP contribution in [-0.2, 0) is 19.1 Å². The van der Waals surface area contributed by atoms with Crippen molar-refractivity contribution >= 4 is 17.7 Å². The van der Waals surface area contributed by atoms with E-state index in [0.717, 1.165) is 19.3 Å². The normalized spacial score (nSPS) is 14.1. The molecule has 0 saturated heterocycles. The maximum atomic E-state index is 11.6. The number of rotatable bonds is 20. The molecule has 0 aliphatic rings. The highest BCUT2D eigenvalue weighted by Gasteiger charge is 2.34. The summed E-state index contributed by atoms with van der Waals surface area (Å²) in [6.07, 6.45) is 9.60. The number of esters is 1. The van der Waals surface area contributed by atoms with Gasteiger partial charge in [0.15, 0.2) is 6.10 Å². The minimum Gasteiger partial charge on any atom is -0.475 e. The molecule has 0 heterocycles. The van der Waals surface area contributed by atoms with Gasteiger partial charge in [0.25, 0.3) is 5.78 Å². The van der Waals surface area contributed by atoms with Crippen molar-refractivity contribution in [1.82, 2.24) is 0 Å². The highest BCUT2D eigenvalue weighted by atomic mass is 16.5. The van der Waals surface area contributed by atoms with Gasteiger partial charge in [-0.05, 0) is 6.42 Å². The summed E-state index contributed by atoms with van der Waals surface area (Å²) in [5.74, 6) is -4.11. The van der Waals surface area contributed by atoms with E-state index in [9.17, 15) is 29.7 Å². The van der Waals surface area contributed by atoms with Gasteiger partial charge in [0.1, 0.15) is 18.8 Å². The average Bonchev–Trinajstić information content (AvgIpc) is 2.73. The van der Waals surface area contributed by atoms with Crippen molar-refractivity contribution in [2.75, 3.05) is 6.61 Å². The zero-order valence-electron chi connectivity index (χ0n) is 18.3. The molecule has 8 nitrogen and oxygen atoms in total. The number of aliphatic carboxylic acids is 1. The Kier molecular flexibility index (Phi) is 17.4. The molecule has 0 fully saturated rings. The third-order valence-electron chi connectivity index (χ3n) is 5.10. The number of aliphatic hydroxyl groups is 3. The first kappa shape index (κ1) is 28.5. The van der Waals surface area contributed by atoms with E-state index in [4.69, 9.17) is 9.84 Å². The molecule has 0 bridgehead atoms. The van der Waals surface area contributed by atoms with Crippen LogP contribution in [0.15, 0.2) is 0 Å². The molecule has 0 aromatic rings. The largest absolute Gasteiger partial charge is 0.475 e. The quantitative estimate of drug-likeness (QED) is 0.131. The highest BCUT2D eigenvalue weighted by molar-refractivity contribution is 6.34. The van der Waals surface area contributed by atoms with Crippen molar-refractivity contribution in [2.45, 2.75) is 115 Å². The van der Waals surface area contributed by atoms with E-state index >= 15 is 0 Å². The molecule has 0 unspecified atom stereocenters. The van der Waals surface area contributed by atoms with Gasteiger partial charge >= 0.3 is 11.9 Å². The average molecular weight is 433 g/mol. The van der Waals surface area contributed by atoms with E-state index in [1.807, 2.05) is 0 Å². The van der Waals surface area contributed by atoms with E-state index < -0.39 is 42.6 Å². The number of aliphatic hydroxyl groups excluding tert-OH is 3. The molecular formula is C22H40O8. The predicted octanol–water partition coefficient (Wildman–Crippen LogP) is 2.75. The molecule has 0 rings (SSSR count). The fraction of sp³-hybridized carbons (Fsp3) is 0.864. The number of ether oxygens (including phenoxy) is 1. The summed E-state index contributed by atoms with van der Waals surface area (Å²) >= 11 is 0. The summed E-state index contributed by atoms with van der Waals surface area (Å²) in [6.45, 7) is 1.60. The number of Topliss-reactive ketones (excluding diaryl/α,β-unsaturated/α-hetero) is 1. The number of carbonyl (C=O) groups excluding carboxylic acids is 2. The van der Waals surface area contributed by atoms with E-state index in [0.29, 0.717) is 6.42 Å². The standard InChI is InChI=1S/C22H40O8/c1-2-3-4-5-6-7-8-9-10-11-12-13-14-15-18(24)30-16-17(23)19(25)20(26)21(27)22(28)29/h17,19-20,23,25-26H,2-16H2,1H3,(H,28,29)/t17-,19+,20-/m1/s1. The third kappa shape index (κ3) is 14.5. The summed E-state index contributed by atoms with van der Waals surface area (Å²) in [4.78, 5) is 33.1. The lowest BCUT2D eigenvalue weighted by atomic mass is 10.0. The van der Waals surface area contributed by atoms with Crippen molar-refractivity contribution in [3.63, 3.8) is 0 Å². The first-order valence-corrected chi connectivity index (χ1v) is 11.3. The van der Waals surface area contributed by atoms with Crippen molar-refractivity contribution < 1.29 is 39.5 Å². The smallest absolute Gasteiger partial charge is 0.375 e. The second kappa shape index (κ2) is 18.3. The van der Waals surface area contributed by atoms with Crippen molar-refractivity contribution in [3.05, 3.63) is 0 Å². The molecule has 8 heteroatoms. The zero-order valence-corrected chi connectivity index (χ0v) is 18.3. The molecule has 0 spiro atoms. The number of carboxylic acid groups (broad SMARTS) is 1. The topological polar surface area (TPSA) is 141 Å². The van der Waals surface area contributed by atoms with Gasteiger partial charge in [0.2, 0.25) is 0 Å². The van der Waals surface area contributed by atoms with Gasteiger partial charge in [0, 0.05) is 6.42 Å². The molecule has 0 aromatic carbocycles. The molecule has 176 valence electrons. The summed E-state index contributed by atoms with van der Waals surface area (Å²) in [5, 5.41) is 37.0. The van der Waals surface area contributed by atoms with Gasteiger partial charge in [-0.1, -0.05) is 84.0 Å². The maximum absolute atomic E-state index is 11.6. The van der Waals surface area contributed by atoms with Crippen LogP contribution in [0.25, 0.3) is 0 Å². The summed E-state index contributed by atoms with van der Waals surface area (Å²) in [6, 6.07) is 0. The van der Waals surface area contributed by atoms with Gasteiger partial charge < -0.3 is 25.2 Å². The molecule has 0 radical (unpaired) electrons. The van der Waals surface area contributed by atoms with Crippen LogP contribution in [0.2, 0.25) is 0 Å². The molecule has 0 amide bonds. The Labute approximate surface area is 179 Å². The van der Waals surface area contributed by atoms with E-state index in [2.05, 4.69) is 6.92 Å². The minimum absolute atomic E-state index is 0.178. The van der Waals surface area contributed by atoms with Gasteiger partial charge in [-0.3, -0.25) is 9.59 Å². The highest BCUT2D eigenvalue weighted by Crippen LogP contribution is 2.13. The number of unbranched alkanes of at least 4 members (excludes halogenated alkanes) is 12. The maximum Gasteiger partial charge on any atom is 0.375 e. The Balaban J connectivity index is 3.61. The SMILES string of the molecule is CCCCCCCCCCCCCCCC(=O)OC[C@@H](O)[C@H](O)[C@@H](O)C(=O)C(=O)O. The van der Waals surface area contributed by atoms with Crippen LogP contribution >= 0.6 is 0 Å². The van der Waals surface area contributed by atoms with Gasteiger partial charge in [0.05, 0.1) is 0 Å². The van der Waals surface area contributed by atoms with Crippen molar-refractivity contribution in [2.24, 2.45) is 0 Å². The van der Waals surface area contributed by atoms with Crippen LogP contribution in [0, 0.1) is 0 Å². The number of hydrogen-bond donors (Lipinski definition) is 4. The van der Waals surface area contributed by atoms with E-state index in [-0.39, 0.29) is 6.42 Å². The van der Waals surface area contributed by atoms with Gasteiger partial charge in [-0.2, -0.15) is 0 Å². The third-order valence-corrected chi connectivity index (χ3v) is 5.10. The second-order valence-corrected chi connectivity index (χ2v) is 7.85. The first-order valence-electron chi connectivity index (χ1n) is 11.3. The van der Waals surface area contributed by atoms with Crippen molar-refractivity contribution in [1.29, 1.82) is 0 Å². The van der Waals surface area contributed by atoms with Crippen LogP contribution in [-0.4, -0.2) is 63.1 Å². The lowest BCUT2D eigenvalue weighted by molar-refractivity contribution is -0.162. The monoisotopic (exact) mass is 432 g/mol. The first-order chi connectivity index (χ1) is 14.3. The Morgan fingerprint density at radius 3 is 1.60 bits per heavy atom. The zero-order chi connectivity index (χ0) is 22.8. The Hall–Kier alpha value is -1.51. The van der Waals surface area contributed by atoms with E-state index in [1.54, 1.807) is 0 Å². The molecule has 0 aliphatic carbocycles. The molecule has 4 N–H and O–H groups in total. The van der Waals surface area contributed by atoms with Gasteiger partial charge in [-0.25, -0.2) is 4.79 Å². The summed E-state index contributed by atoms with van der Waals surface area (Å²) in [5.41, 5.74) is 0. The lowest BCUT2D eigenvalue weighted by Gasteiger charge is -2.20. The number of hydrogen-bond acceptors (Lipinski definition) is 7. The number of carboxylic acids is 1. The molecule has 0 aliphatic heterocycles.